The van der Waals surface area contributed by atoms with Gasteiger partial charge in [-0.3, -0.25) is 9.59 Å². The van der Waals surface area contributed by atoms with Gasteiger partial charge in [0.25, 0.3) is 0 Å². The minimum atomic E-state index is -0.884. The van der Waals surface area contributed by atoms with E-state index in [1.54, 1.807) is 11.3 Å². The van der Waals surface area contributed by atoms with Gasteiger partial charge in [0.05, 0.1) is 17.5 Å². The second-order valence-corrected chi connectivity index (χ2v) is 6.18. The smallest absolute Gasteiger partial charge is 0.313 e. The van der Waals surface area contributed by atoms with Crippen molar-refractivity contribution in [3.8, 4) is 0 Å². The van der Waals surface area contributed by atoms with Gasteiger partial charge < -0.3 is 10.4 Å². The normalized spacial score (nSPS) is 18.1. The Morgan fingerprint density at radius 3 is 3.11 bits per heavy atom. The van der Waals surface area contributed by atoms with E-state index in [1.165, 1.54) is 10.4 Å². The number of amides is 1. The Labute approximate surface area is 114 Å². The number of rotatable bonds is 5. The van der Waals surface area contributed by atoms with Crippen LogP contribution in [0.2, 0.25) is 0 Å². The predicted molar refractivity (Wildman–Crippen MR) is 73.1 cm³/mol. The van der Waals surface area contributed by atoms with Crippen LogP contribution >= 0.6 is 23.1 Å². The summed E-state index contributed by atoms with van der Waals surface area (Å²) in [7, 11) is 0. The lowest BCUT2D eigenvalue weighted by molar-refractivity contribution is -0.133. The SMILES string of the molecule is O=C(O)CSCC(=O)NC1CCCc2sccc21. The second-order valence-electron chi connectivity index (χ2n) is 4.20. The van der Waals surface area contributed by atoms with Crippen molar-refractivity contribution in [3.63, 3.8) is 0 Å². The zero-order valence-corrected chi connectivity index (χ0v) is 11.5. The summed E-state index contributed by atoms with van der Waals surface area (Å²) in [6, 6.07) is 2.19. The third-order valence-corrected chi connectivity index (χ3v) is 4.76. The molecule has 0 saturated carbocycles. The molecule has 1 aromatic heterocycles. The molecule has 0 radical (unpaired) electrons. The molecule has 4 nitrogen and oxygen atoms in total. The van der Waals surface area contributed by atoms with Gasteiger partial charge in [0.15, 0.2) is 0 Å². The summed E-state index contributed by atoms with van der Waals surface area (Å²) >= 11 is 2.88. The highest BCUT2D eigenvalue weighted by Gasteiger charge is 2.22. The van der Waals surface area contributed by atoms with E-state index in [2.05, 4.69) is 16.8 Å². The monoisotopic (exact) mass is 285 g/mol. The van der Waals surface area contributed by atoms with Crippen molar-refractivity contribution in [1.29, 1.82) is 0 Å². The van der Waals surface area contributed by atoms with E-state index in [4.69, 9.17) is 5.11 Å². The Kier molecular flexibility index (Phi) is 4.66. The summed E-state index contributed by atoms with van der Waals surface area (Å²) in [5, 5.41) is 13.6. The Morgan fingerprint density at radius 2 is 2.33 bits per heavy atom. The molecule has 2 N–H and O–H groups in total. The molecule has 98 valence electrons. The minimum absolute atomic E-state index is 0.0260. The molecular formula is C12H15NO3S2. The van der Waals surface area contributed by atoms with Crippen molar-refractivity contribution >= 4 is 35.0 Å². The van der Waals surface area contributed by atoms with Crippen LogP contribution in [0.25, 0.3) is 0 Å². The first-order valence-corrected chi connectivity index (χ1v) is 7.85. The maximum absolute atomic E-state index is 11.7. The lowest BCUT2D eigenvalue weighted by Gasteiger charge is -2.23. The van der Waals surface area contributed by atoms with Gasteiger partial charge in [0.1, 0.15) is 0 Å². The number of carbonyl (C=O) groups is 2. The molecule has 0 aliphatic heterocycles. The van der Waals surface area contributed by atoms with E-state index in [0.717, 1.165) is 31.0 Å². The van der Waals surface area contributed by atoms with Crippen molar-refractivity contribution in [3.05, 3.63) is 21.9 Å². The number of fused-ring (bicyclic) bond motifs is 1. The highest BCUT2D eigenvalue weighted by molar-refractivity contribution is 8.00. The summed E-state index contributed by atoms with van der Waals surface area (Å²) < 4.78 is 0. The summed E-state index contributed by atoms with van der Waals surface area (Å²) in [5.74, 6) is -0.778. The van der Waals surface area contributed by atoms with E-state index in [1.807, 2.05) is 0 Å². The second kappa shape index (κ2) is 6.24. The molecule has 1 unspecified atom stereocenters. The molecule has 1 aromatic rings. The summed E-state index contributed by atoms with van der Waals surface area (Å²) in [4.78, 5) is 23.4. The molecule has 2 rings (SSSR count). The van der Waals surface area contributed by atoms with Gasteiger partial charge in [-0.2, -0.15) is 0 Å². The van der Waals surface area contributed by atoms with Crippen molar-refractivity contribution < 1.29 is 14.7 Å². The van der Waals surface area contributed by atoms with Gasteiger partial charge in [0, 0.05) is 4.88 Å². The van der Waals surface area contributed by atoms with Crippen LogP contribution in [0.4, 0.5) is 0 Å². The Balaban J connectivity index is 1.84. The predicted octanol–water partition coefficient (Wildman–Crippen LogP) is 2.06. The fraction of sp³-hybridized carbons (Fsp3) is 0.500. The molecule has 0 saturated heterocycles. The number of carboxylic acid groups (broad SMARTS) is 1. The molecular weight excluding hydrogens is 270 g/mol. The van der Waals surface area contributed by atoms with E-state index in [0.29, 0.717) is 0 Å². The summed E-state index contributed by atoms with van der Waals surface area (Å²) in [5.41, 5.74) is 1.24. The third-order valence-electron chi connectivity index (χ3n) is 2.85. The Hall–Kier alpha value is -1.01. The number of carboxylic acids is 1. The zero-order valence-electron chi connectivity index (χ0n) is 9.85. The van der Waals surface area contributed by atoms with Gasteiger partial charge in [0.2, 0.25) is 5.91 Å². The maximum atomic E-state index is 11.7. The molecule has 1 amide bonds. The van der Waals surface area contributed by atoms with Crippen molar-refractivity contribution in [2.45, 2.75) is 25.3 Å². The van der Waals surface area contributed by atoms with E-state index >= 15 is 0 Å². The van der Waals surface area contributed by atoms with Gasteiger partial charge in [-0.1, -0.05) is 0 Å². The average Bonchev–Trinajstić information content (AvgIpc) is 2.77. The van der Waals surface area contributed by atoms with Crippen LogP contribution in [0.15, 0.2) is 11.4 Å². The largest absolute Gasteiger partial charge is 0.481 e. The first kappa shape index (κ1) is 13.4. The number of hydrogen-bond donors (Lipinski definition) is 2. The van der Waals surface area contributed by atoms with Crippen molar-refractivity contribution in [2.75, 3.05) is 11.5 Å². The van der Waals surface area contributed by atoms with E-state index < -0.39 is 5.97 Å². The van der Waals surface area contributed by atoms with Crippen LogP contribution in [-0.2, 0) is 16.0 Å². The van der Waals surface area contributed by atoms with E-state index in [9.17, 15) is 9.59 Å². The summed E-state index contributed by atoms with van der Waals surface area (Å²) in [6.45, 7) is 0. The molecule has 0 bridgehead atoms. The Morgan fingerprint density at radius 1 is 1.50 bits per heavy atom. The van der Waals surface area contributed by atoms with Crippen LogP contribution in [0.3, 0.4) is 0 Å². The number of thioether (sulfide) groups is 1. The first-order chi connectivity index (χ1) is 8.66. The standard InChI is InChI=1S/C12H15NO3S2/c14-11(6-17-7-12(15)16)13-9-2-1-3-10-8(9)4-5-18-10/h4-5,9H,1-3,6-7H2,(H,13,14)(H,15,16). The van der Waals surface area contributed by atoms with Crippen LogP contribution in [0, 0.1) is 0 Å². The van der Waals surface area contributed by atoms with Crippen LogP contribution < -0.4 is 5.32 Å². The average molecular weight is 285 g/mol. The molecule has 18 heavy (non-hydrogen) atoms. The van der Waals surface area contributed by atoms with Crippen molar-refractivity contribution in [1.82, 2.24) is 5.32 Å². The number of nitrogens with one attached hydrogen (secondary N) is 1. The molecule has 0 fully saturated rings. The lowest BCUT2D eigenvalue weighted by atomic mass is 9.94. The number of aryl methyl sites for hydroxylation is 1. The van der Waals surface area contributed by atoms with Crippen LogP contribution in [0.1, 0.15) is 29.3 Å². The quantitative estimate of drug-likeness (QED) is 0.869. The molecule has 6 heteroatoms. The maximum Gasteiger partial charge on any atom is 0.313 e. The number of carbonyl (C=O) groups excluding carboxylic acids is 1. The van der Waals surface area contributed by atoms with Crippen molar-refractivity contribution in [2.24, 2.45) is 0 Å². The highest BCUT2D eigenvalue weighted by atomic mass is 32.2. The van der Waals surface area contributed by atoms with Gasteiger partial charge in [-0.05, 0) is 36.3 Å². The topological polar surface area (TPSA) is 66.4 Å². The van der Waals surface area contributed by atoms with Crippen LogP contribution in [-0.4, -0.2) is 28.5 Å². The van der Waals surface area contributed by atoms with Gasteiger partial charge in [-0.15, -0.1) is 23.1 Å². The molecule has 1 aliphatic rings. The fourth-order valence-electron chi connectivity index (χ4n) is 2.10. The number of hydrogen-bond acceptors (Lipinski definition) is 4. The van der Waals surface area contributed by atoms with E-state index in [-0.39, 0.29) is 23.5 Å². The van der Waals surface area contributed by atoms with Crippen LogP contribution in [0.5, 0.6) is 0 Å². The Bertz CT molecular complexity index is 444. The number of aliphatic carboxylic acids is 1. The highest BCUT2D eigenvalue weighted by Crippen LogP contribution is 2.33. The molecule has 1 atom stereocenters. The molecule has 1 aliphatic carbocycles. The zero-order chi connectivity index (χ0) is 13.0. The van der Waals surface area contributed by atoms with Gasteiger partial charge in [-0.25, -0.2) is 0 Å². The minimum Gasteiger partial charge on any atom is -0.481 e. The summed E-state index contributed by atoms with van der Waals surface area (Å²) in [6.07, 6.45) is 3.17. The molecule has 0 spiro atoms. The third kappa shape index (κ3) is 3.49. The first-order valence-electron chi connectivity index (χ1n) is 5.82. The molecule has 0 aromatic carbocycles. The lowest BCUT2D eigenvalue weighted by Crippen LogP contribution is -2.31. The fourth-order valence-corrected chi connectivity index (χ4v) is 3.64. The molecule has 1 heterocycles. The number of thiophene rings is 1. The van der Waals surface area contributed by atoms with Gasteiger partial charge >= 0.3 is 5.97 Å².